The van der Waals surface area contributed by atoms with Crippen molar-refractivity contribution in [3.8, 4) is 5.75 Å². The lowest BCUT2D eigenvalue weighted by Gasteiger charge is -2.35. The van der Waals surface area contributed by atoms with Crippen molar-refractivity contribution in [2.24, 2.45) is 5.92 Å². The fourth-order valence-corrected chi connectivity index (χ4v) is 6.73. The minimum atomic E-state index is -3.78. The molecule has 4 rings (SSSR count). The monoisotopic (exact) mass is 685 g/mol. The van der Waals surface area contributed by atoms with E-state index < -0.39 is 34.1 Å². The third-order valence-electron chi connectivity index (χ3n) is 8.47. The molecule has 14 heteroatoms. The molecule has 0 saturated heterocycles. The number of aryl methyl sites for hydroxylation is 2. The lowest BCUT2D eigenvalue weighted by Crippen LogP contribution is -2.48. The number of nitrogens with zero attached hydrogens (tertiary/aromatic N) is 3. The number of rotatable bonds is 8. The number of likely N-dealkylation sites (N-methyl/N-ethyl adjacent to an activating group) is 1. The largest absolute Gasteiger partial charge is 0.490 e. The average molecular weight is 686 g/mol. The molecule has 1 aromatic heterocycles. The molecule has 0 spiro atoms. The van der Waals surface area contributed by atoms with Crippen LogP contribution in [0.4, 0.5) is 16.2 Å². The Kier molecular flexibility index (Phi) is 12.6. The number of hydrogen-bond acceptors (Lipinski definition) is 9. The summed E-state index contributed by atoms with van der Waals surface area (Å²) >= 11 is 0. The summed E-state index contributed by atoms with van der Waals surface area (Å²) in [5, 5.41) is 19.6. The first-order valence-electron chi connectivity index (χ1n) is 16.2. The Hall–Kier alpha value is -3.98. The van der Waals surface area contributed by atoms with Gasteiger partial charge in [0.15, 0.2) is 5.76 Å². The lowest BCUT2D eigenvalue weighted by molar-refractivity contribution is -0.00833. The van der Waals surface area contributed by atoms with Crippen molar-refractivity contribution in [2.75, 3.05) is 44.0 Å². The number of amides is 3. The Labute approximate surface area is 282 Å². The summed E-state index contributed by atoms with van der Waals surface area (Å²) in [7, 11) is -2.26. The van der Waals surface area contributed by atoms with Crippen LogP contribution >= 0.6 is 0 Å². The van der Waals surface area contributed by atoms with E-state index in [2.05, 4.69) is 15.8 Å². The maximum absolute atomic E-state index is 14.4. The second-order valence-corrected chi connectivity index (χ2v) is 14.4. The number of sulfonamides is 1. The van der Waals surface area contributed by atoms with Crippen LogP contribution in [0.25, 0.3) is 0 Å². The lowest BCUT2D eigenvalue weighted by atomic mass is 10.0. The smallest absolute Gasteiger partial charge is 0.323 e. The van der Waals surface area contributed by atoms with Crippen molar-refractivity contribution >= 4 is 33.3 Å². The maximum atomic E-state index is 14.4. The minimum absolute atomic E-state index is 0.0678. The van der Waals surface area contributed by atoms with Crippen LogP contribution in [0, 0.1) is 19.8 Å². The van der Waals surface area contributed by atoms with Crippen LogP contribution in [0.5, 0.6) is 5.75 Å². The summed E-state index contributed by atoms with van der Waals surface area (Å²) < 4.78 is 45.7. The van der Waals surface area contributed by atoms with Gasteiger partial charge in [-0.15, -0.1) is 0 Å². The molecule has 48 heavy (non-hydrogen) atoms. The average Bonchev–Trinajstić information content (AvgIpc) is 3.38. The number of fused-ring (bicyclic) bond motifs is 1. The number of aliphatic hydroxyl groups is 1. The van der Waals surface area contributed by atoms with Crippen LogP contribution in [0.1, 0.15) is 61.8 Å². The Bertz CT molecular complexity index is 1630. The van der Waals surface area contributed by atoms with Crippen LogP contribution in [-0.4, -0.2) is 91.4 Å². The van der Waals surface area contributed by atoms with E-state index in [1.807, 2.05) is 13.8 Å². The van der Waals surface area contributed by atoms with E-state index >= 15 is 0 Å². The van der Waals surface area contributed by atoms with Crippen LogP contribution < -0.4 is 15.4 Å². The quantitative estimate of drug-likeness (QED) is 0.294. The molecule has 3 N–H and O–H groups in total. The molecule has 1 aliphatic rings. The number of urea groups is 1. The number of anilines is 2. The minimum Gasteiger partial charge on any atom is -0.490 e. The molecule has 0 bridgehead atoms. The first-order valence-corrected chi connectivity index (χ1v) is 17.6. The number of carbonyl (C=O) groups excluding carboxylic acids is 2. The van der Waals surface area contributed by atoms with Gasteiger partial charge in [-0.3, -0.25) is 4.79 Å². The number of ether oxygens (including phenoxy) is 2. The van der Waals surface area contributed by atoms with Gasteiger partial charge in [0.25, 0.3) is 5.91 Å². The molecular weight excluding hydrogens is 638 g/mol. The van der Waals surface area contributed by atoms with Crippen molar-refractivity contribution in [1.82, 2.24) is 14.4 Å². The molecule has 0 fully saturated rings. The van der Waals surface area contributed by atoms with Gasteiger partial charge in [0.1, 0.15) is 17.1 Å². The number of nitrogens with one attached hydrogen (secondary N) is 2. The van der Waals surface area contributed by atoms with Crippen molar-refractivity contribution in [3.63, 3.8) is 0 Å². The fraction of sp³-hybridized carbons (Fsp3) is 0.500. The SMILES string of the molecule is Cc1noc(C)c1NC(=O)Nc1ccc2c(c1)C(=O)N([C@@H](C)CO)C[C@@H](C)[C@H](CN(C)S(=O)(=O)c1ccccc1)OCCCC[C@@H](C)O2. The first kappa shape index (κ1) is 36.8. The topological polar surface area (TPSA) is 164 Å². The predicted molar refractivity (Wildman–Crippen MR) is 182 cm³/mol. The number of aromatic nitrogens is 1. The second kappa shape index (κ2) is 16.4. The van der Waals surface area contributed by atoms with E-state index in [1.54, 1.807) is 74.2 Å². The van der Waals surface area contributed by atoms with E-state index in [0.29, 0.717) is 41.6 Å². The zero-order valence-corrected chi connectivity index (χ0v) is 29.2. The Balaban J connectivity index is 1.63. The summed E-state index contributed by atoms with van der Waals surface area (Å²) in [6, 6.07) is 11.9. The van der Waals surface area contributed by atoms with Crippen molar-refractivity contribution < 1.29 is 37.1 Å². The first-order chi connectivity index (χ1) is 22.8. The highest BCUT2D eigenvalue weighted by Crippen LogP contribution is 2.29. The molecule has 4 atom stereocenters. The Morgan fingerprint density at radius 1 is 1.12 bits per heavy atom. The number of carbonyl (C=O) groups is 2. The molecule has 3 aromatic rings. The van der Waals surface area contributed by atoms with Gasteiger partial charge >= 0.3 is 6.03 Å². The van der Waals surface area contributed by atoms with Crippen LogP contribution in [0.2, 0.25) is 0 Å². The molecule has 3 amide bonds. The maximum Gasteiger partial charge on any atom is 0.323 e. The zero-order chi connectivity index (χ0) is 35.0. The molecule has 2 heterocycles. The molecule has 13 nitrogen and oxygen atoms in total. The van der Waals surface area contributed by atoms with Gasteiger partial charge in [-0.05, 0) is 77.3 Å². The number of benzene rings is 2. The standard InChI is InChI=1S/C34H47N5O8S/c1-22-19-39(23(2)21-40)33(41)29-18-27(35-34(42)36-32-25(4)37-47-26(32)5)15-16-30(29)46-24(3)12-10-11-17-45-31(22)20-38(6)48(43,44)28-13-8-7-9-14-28/h7-9,13-16,18,22-24,31,40H,10-12,17,19-21H2,1-6H3,(H2,35,36,42)/t22-,23+,24-,31+/m1/s1. The zero-order valence-electron chi connectivity index (χ0n) is 28.4. The van der Waals surface area contributed by atoms with Crippen molar-refractivity contribution in [3.05, 3.63) is 65.5 Å². The summed E-state index contributed by atoms with van der Waals surface area (Å²) in [6.07, 6.45) is 1.43. The second-order valence-electron chi connectivity index (χ2n) is 12.4. The summed E-state index contributed by atoms with van der Waals surface area (Å²) in [4.78, 5) is 29.0. The normalized spacial score (nSPS) is 20.4. The number of aliphatic hydroxyl groups excluding tert-OH is 1. The molecule has 262 valence electrons. The third kappa shape index (κ3) is 9.13. The Morgan fingerprint density at radius 3 is 2.52 bits per heavy atom. The van der Waals surface area contributed by atoms with Crippen molar-refractivity contribution in [1.29, 1.82) is 0 Å². The molecule has 2 aromatic carbocycles. The molecule has 1 aliphatic heterocycles. The summed E-state index contributed by atoms with van der Waals surface area (Å²) in [5.74, 6) is 0.0648. The molecule has 0 radical (unpaired) electrons. The number of hydrogen-bond donors (Lipinski definition) is 3. The highest BCUT2D eigenvalue weighted by atomic mass is 32.2. The third-order valence-corrected chi connectivity index (χ3v) is 10.3. The van der Waals surface area contributed by atoms with E-state index in [0.717, 1.165) is 12.8 Å². The highest BCUT2D eigenvalue weighted by molar-refractivity contribution is 7.89. The van der Waals surface area contributed by atoms with Gasteiger partial charge < -0.3 is 34.6 Å². The van der Waals surface area contributed by atoms with Gasteiger partial charge in [-0.1, -0.05) is 30.3 Å². The van der Waals surface area contributed by atoms with Gasteiger partial charge in [0, 0.05) is 38.3 Å². The van der Waals surface area contributed by atoms with E-state index in [4.69, 9.17) is 14.0 Å². The van der Waals surface area contributed by atoms with E-state index in [-0.39, 0.29) is 42.2 Å². The predicted octanol–water partition coefficient (Wildman–Crippen LogP) is 5.05. The molecule has 0 saturated carbocycles. The summed E-state index contributed by atoms with van der Waals surface area (Å²) in [6.45, 7) is 9.28. The Morgan fingerprint density at radius 2 is 1.85 bits per heavy atom. The summed E-state index contributed by atoms with van der Waals surface area (Å²) in [5.41, 5.74) is 1.54. The van der Waals surface area contributed by atoms with E-state index in [9.17, 15) is 23.1 Å². The molecular formula is C34H47N5O8S. The van der Waals surface area contributed by atoms with Crippen LogP contribution in [0.15, 0.2) is 57.9 Å². The van der Waals surface area contributed by atoms with Crippen molar-refractivity contribution in [2.45, 2.75) is 77.0 Å². The van der Waals surface area contributed by atoms with Gasteiger partial charge in [0.05, 0.1) is 35.3 Å². The molecule has 0 aliphatic carbocycles. The highest BCUT2D eigenvalue weighted by Gasteiger charge is 2.32. The van der Waals surface area contributed by atoms with Gasteiger partial charge in [-0.25, -0.2) is 13.2 Å². The van der Waals surface area contributed by atoms with Crippen LogP contribution in [-0.2, 0) is 14.8 Å². The van der Waals surface area contributed by atoms with Gasteiger partial charge in [0.2, 0.25) is 10.0 Å². The van der Waals surface area contributed by atoms with E-state index in [1.165, 1.54) is 11.4 Å². The molecule has 0 unspecified atom stereocenters. The van der Waals surface area contributed by atoms with Gasteiger partial charge in [-0.2, -0.15) is 4.31 Å². The van der Waals surface area contributed by atoms with Crippen LogP contribution in [0.3, 0.4) is 0 Å². The fourth-order valence-electron chi connectivity index (χ4n) is 5.52.